The van der Waals surface area contributed by atoms with Gasteiger partial charge in [0.05, 0.1) is 19.2 Å². The van der Waals surface area contributed by atoms with Crippen molar-refractivity contribution in [1.82, 2.24) is 30.0 Å². The van der Waals surface area contributed by atoms with Crippen molar-refractivity contribution in [3.05, 3.63) is 41.7 Å². The predicted molar refractivity (Wildman–Crippen MR) is 101 cm³/mol. The fourth-order valence-electron chi connectivity index (χ4n) is 3.68. The molecular weight excluding hydrogens is 328 g/mol. The van der Waals surface area contributed by atoms with Gasteiger partial charge in [-0.25, -0.2) is 4.68 Å². The summed E-state index contributed by atoms with van der Waals surface area (Å²) in [6.07, 6.45) is 0. The van der Waals surface area contributed by atoms with Gasteiger partial charge in [-0.2, -0.15) is 0 Å². The van der Waals surface area contributed by atoms with Gasteiger partial charge in [-0.1, -0.05) is 44.2 Å². The van der Waals surface area contributed by atoms with Crippen LogP contribution in [-0.4, -0.2) is 69.9 Å². The molecule has 26 heavy (non-hydrogen) atoms. The van der Waals surface area contributed by atoms with Crippen molar-refractivity contribution in [2.75, 3.05) is 39.9 Å². The van der Waals surface area contributed by atoms with Crippen LogP contribution in [0.15, 0.2) is 30.3 Å². The van der Waals surface area contributed by atoms with Crippen LogP contribution in [0.25, 0.3) is 0 Å². The Kier molecular flexibility index (Phi) is 6.71. The number of nitrogens with zero attached hydrogens (tertiary/aromatic N) is 6. The lowest BCUT2D eigenvalue weighted by atomic mass is 10.0. The molecule has 1 unspecified atom stereocenters. The van der Waals surface area contributed by atoms with Crippen LogP contribution in [0.1, 0.15) is 31.3 Å². The third-order valence-corrected chi connectivity index (χ3v) is 5.01. The van der Waals surface area contributed by atoms with E-state index in [4.69, 9.17) is 4.74 Å². The van der Waals surface area contributed by atoms with Gasteiger partial charge in [0.1, 0.15) is 0 Å². The summed E-state index contributed by atoms with van der Waals surface area (Å²) in [6.45, 7) is 11.0. The molecule has 2 heterocycles. The highest BCUT2D eigenvalue weighted by Gasteiger charge is 2.31. The van der Waals surface area contributed by atoms with Crippen LogP contribution in [0.4, 0.5) is 0 Å². The summed E-state index contributed by atoms with van der Waals surface area (Å²) in [5.74, 6) is 1.40. The van der Waals surface area contributed by atoms with Crippen molar-refractivity contribution in [2.24, 2.45) is 5.92 Å². The van der Waals surface area contributed by atoms with E-state index in [-0.39, 0.29) is 6.04 Å². The number of hydrogen-bond acceptors (Lipinski definition) is 6. The van der Waals surface area contributed by atoms with Crippen LogP contribution >= 0.6 is 0 Å². The van der Waals surface area contributed by atoms with E-state index in [0.29, 0.717) is 19.1 Å². The van der Waals surface area contributed by atoms with Gasteiger partial charge < -0.3 is 4.74 Å². The van der Waals surface area contributed by atoms with Gasteiger partial charge in [0.2, 0.25) is 0 Å². The molecule has 1 saturated heterocycles. The number of tetrazole rings is 1. The molecule has 0 radical (unpaired) electrons. The molecule has 142 valence electrons. The second-order valence-electron chi connectivity index (χ2n) is 7.24. The number of rotatable bonds is 8. The number of ether oxygens (including phenoxy) is 1. The molecule has 0 amide bonds. The summed E-state index contributed by atoms with van der Waals surface area (Å²) in [6, 6.07) is 10.9. The minimum absolute atomic E-state index is 0.237. The third kappa shape index (κ3) is 4.66. The van der Waals surface area contributed by atoms with E-state index in [0.717, 1.165) is 38.5 Å². The Morgan fingerprint density at radius 3 is 2.46 bits per heavy atom. The van der Waals surface area contributed by atoms with E-state index < -0.39 is 0 Å². The Morgan fingerprint density at radius 2 is 1.81 bits per heavy atom. The van der Waals surface area contributed by atoms with Gasteiger partial charge in [-0.15, -0.1) is 5.10 Å². The summed E-state index contributed by atoms with van der Waals surface area (Å²) in [7, 11) is 1.70. The molecule has 3 rings (SSSR count). The zero-order valence-corrected chi connectivity index (χ0v) is 16.1. The fraction of sp³-hybridized carbons (Fsp3) is 0.632. The standard InChI is InChI=1S/C19H30N6O/c1-16(2)18(19-20-21-22-25(19)13-14-26-3)24-11-9-23(10-12-24)15-17-7-5-4-6-8-17/h4-8,16,18H,9-15H2,1-3H3. The van der Waals surface area contributed by atoms with Crippen LogP contribution in [0.5, 0.6) is 0 Å². The first kappa shape index (κ1) is 18.9. The summed E-state index contributed by atoms with van der Waals surface area (Å²) in [5.41, 5.74) is 1.38. The first-order chi connectivity index (χ1) is 12.7. The molecule has 7 heteroatoms. The Balaban J connectivity index is 1.63. The zero-order valence-electron chi connectivity index (χ0n) is 16.1. The molecule has 0 aliphatic carbocycles. The molecule has 2 aromatic rings. The number of benzene rings is 1. The van der Waals surface area contributed by atoms with E-state index in [1.807, 2.05) is 4.68 Å². The second kappa shape index (κ2) is 9.21. The highest BCUT2D eigenvalue weighted by atomic mass is 16.5. The Labute approximate surface area is 155 Å². The number of aromatic nitrogens is 4. The summed E-state index contributed by atoms with van der Waals surface area (Å²) in [4.78, 5) is 5.05. The van der Waals surface area contributed by atoms with Crippen LogP contribution in [0.3, 0.4) is 0 Å². The Bertz CT molecular complexity index is 651. The lowest BCUT2D eigenvalue weighted by molar-refractivity contribution is 0.0652. The molecular formula is C19H30N6O. The summed E-state index contributed by atoms with van der Waals surface area (Å²) >= 11 is 0. The first-order valence-corrected chi connectivity index (χ1v) is 9.44. The van der Waals surface area contributed by atoms with E-state index in [1.54, 1.807) is 7.11 Å². The topological polar surface area (TPSA) is 59.3 Å². The predicted octanol–water partition coefficient (Wildman–Crippen LogP) is 1.83. The SMILES string of the molecule is COCCn1nnnc1C(C(C)C)N1CCN(Cc2ccccc2)CC1. The lowest BCUT2D eigenvalue weighted by Gasteiger charge is -2.40. The molecule has 1 fully saturated rings. The van der Waals surface area contributed by atoms with E-state index in [9.17, 15) is 0 Å². The monoisotopic (exact) mass is 358 g/mol. The minimum Gasteiger partial charge on any atom is -0.383 e. The van der Waals surface area contributed by atoms with Gasteiger partial charge >= 0.3 is 0 Å². The average Bonchev–Trinajstić information content (AvgIpc) is 3.10. The van der Waals surface area contributed by atoms with Crippen molar-refractivity contribution in [3.8, 4) is 0 Å². The molecule has 0 spiro atoms. The first-order valence-electron chi connectivity index (χ1n) is 9.44. The van der Waals surface area contributed by atoms with Crippen LogP contribution in [-0.2, 0) is 17.8 Å². The van der Waals surface area contributed by atoms with Crippen molar-refractivity contribution in [2.45, 2.75) is 33.0 Å². The van der Waals surface area contributed by atoms with E-state index in [1.165, 1.54) is 5.56 Å². The summed E-state index contributed by atoms with van der Waals surface area (Å²) in [5, 5.41) is 12.4. The Hall–Kier alpha value is -1.83. The summed E-state index contributed by atoms with van der Waals surface area (Å²) < 4.78 is 7.08. The third-order valence-electron chi connectivity index (χ3n) is 5.01. The highest BCUT2D eigenvalue weighted by Crippen LogP contribution is 2.28. The lowest BCUT2D eigenvalue weighted by Crippen LogP contribution is -2.48. The van der Waals surface area contributed by atoms with Crippen LogP contribution in [0.2, 0.25) is 0 Å². The van der Waals surface area contributed by atoms with Gasteiger partial charge in [0, 0.05) is 39.8 Å². The Morgan fingerprint density at radius 1 is 1.08 bits per heavy atom. The number of piperazine rings is 1. The fourth-order valence-corrected chi connectivity index (χ4v) is 3.68. The molecule has 1 atom stereocenters. The smallest absolute Gasteiger partial charge is 0.168 e. The largest absolute Gasteiger partial charge is 0.383 e. The van der Waals surface area contributed by atoms with Gasteiger partial charge in [-0.3, -0.25) is 9.80 Å². The van der Waals surface area contributed by atoms with Crippen LogP contribution < -0.4 is 0 Å². The maximum absolute atomic E-state index is 5.19. The molecule has 7 nitrogen and oxygen atoms in total. The zero-order chi connectivity index (χ0) is 18.4. The molecule has 0 N–H and O–H groups in total. The van der Waals surface area contributed by atoms with Crippen molar-refractivity contribution >= 4 is 0 Å². The molecule has 1 aromatic heterocycles. The van der Waals surface area contributed by atoms with Crippen molar-refractivity contribution < 1.29 is 4.74 Å². The van der Waals surface area contributed by atoms with Gasteiger partial charge in [0.25, 0.3) is 0 Å². The maximum Gasteiger partial charge on any atom is 0.168 e. The normalized spacial score (nSPS) is 17.7. The van der Waals surface area contributed by atoms with Crippen molar-refractivity contribution in [3.63, 3.8) is 0 Å². The molecule has 1 aliphatic rings. The van der Waals surface area contributed by atoms with E-state index >= 15 is 0 Å². The average molecular weight is 358 g/mol. The number of hydrogen-bond donors (Lipinski definition) is 0. The number of methoxy groups -OCH3 is 1. The van der Waals surface area contributed by atoms with Crippen molar-refractivity contribution in [1.29, 1.82) is 0 Å². The molecule has 1 aromatic carbocycles. The highest BCUT2D eigenvalue weighted by molar-refractivity contribution is 5.14. The molecule has 1 aliphatic heterocycles. The molecule has 0 saturated carbocycles. The second-order valence-corrected chi connectivity index (χ2v) is 7.24. The quantitative estimate of drug-likeness (QED) is 0.718. The van der Waals surface area contributed by atoms with Gasteiger partial charge in [-0.05, 0) is 21.9 Å². The van der Waals surface area contributed by atoms with E-state index in [2.05, 4.69) is 69.5 Å². The van der Waals surface area contributed by atoms with Gasteiger partial charge in [0.15, 0.2) is 5.82 Å². The van der Waals surface area contributed by atoms with Crippen LogP contribution in [0, 0.1) is 5.92 Å². The molecule has 0 bridgehead atoms. The minimum atomic E-state index is 0.237. The maximum atomic E-state index is 5.19.